The standard InChI is InChI=1S/C5H7NO3/c7-5(8)4-2-1-3-6-9-4/h1,3-4,6H,2H2,(H,7,8). The molecular weight excluding hydrogens is 122 g/mol. The van der Waals surface area contributed by atoms with Crippen LogP contribution in [0, 0.1) is 0 Å². The fourth-order valence-electron chi connectivity index (χ4n) is 0.561. The highest BCUT2D eigenvalue weighted by atomic mass is 16.7. The van der Waals surface area contributed by atoms with E-state index in [0.717, 1.165) is 0 Å². The maximum atomic E-state index is 10.2. The van der Waals surface area contributed by atoms with Crippen LogP contribution in [0.5, 0.6) is 0 Å². The van der Waals surface area contributed by atoms with Gasteiger partial charge in [-0.05, 0) is 0 Å². The Morgan fingerprint density at radius 1 is 1.89 bits per heavy atom. The van der Waals surface area contributed by atoms with Crippen LogP contribution in [0.25, 0.3) is 0 Å². The first kappa shape index (κ1) is 6.10. The lowest BCUT2D eigenvalue weighted by atomic mass is 10.2. The Labute approximate surface area is 52.1 Å². The van der Waals surface area contributed by atoms with E-state index >= 15 is 0 Å². The summed E-state index contributed by atoms with van der Waals surface area (Å²) in [5.41, 5.74) is 2.35. The largest absolute Gasteiger partial charge is 0.479 e. The molecule has 1 rings (SSSR count). The molecule has 0 aromatic carbocycles. The molecule has 4 heteroatoms. The molecule has 0 saturated heterocycles. The number of hydroxylamine groups is 1. The Kier molecular flexibility index (Phi) is 1.69. The van der Waals surface area contributed by atoms with Crippen molar-refractivity contribution in [1.82, 2.24) is 5.48 Å². The number of hydrogen-bond acceptors (Lipinski definition) is 3. The van der Waals surface area contributed by atoms with E-state index in [0.29, 0.717) is 6.42 Å². The highest BCUT2D eigenvalue weighted by molar-refractivity contribution is 5.72. The normalized spacial score (nSPS) is 25.1. The number of hydrogen-bond donors (Lipinski definition) is 2. The lowest BCUT2D eigenvalue weighted by molar-refractivity contribution is -0.154. The summed E-state index contributed by atoms with van der Waals surface area (Å²) in [6.45, 7) is 0. The third-order valence-corrected chi connectivity index (χ3v) is 1.02. The number of nitrogens with one attached hydrogen (secondary N) is 1. The summed E-state index contributed by atoms with van der Waals surface area (Å²) in [5.74, 6) is -0.938. The van der Waals surface area contributed by atoms with Gasteiger partial charge < -0.3 is 5.11 Å². The second-order valence-corrected chi connectivity index (χ2v) is 1.70. The Hall–Kier alpha value is -1.03. The van der Waals surface area contributed by atoms with E-state index in [-0.39, 0.29) is 0 Å². The first-order chi connectivity index (χ1) is 4.30. The molecule has 50 valence electrons. The topological polar surface area (TPSA) is 58.6 Å². The molecule has 1 atom stereocenters. The molecule has 1 unspecified atom stereocenters. The van der Waals surface area contributed by atoms with Gasteiger partial charge in [0.25, 0.3) is 0 Å². The first-order valence-corrected chi connectivity index (χ1v) is 2.59. The summed E-state index contributed by atoms with van der Waals surface area (Å²) >= 11 is 0. The van der Waals surface area contributed by atoms with Crippen LogP contribution in [0.4, 0.5) is 0 Å². The Balaban J connectivity index is 2.44. The van der Waals surface area contributed by atoms with Crippen LogP contribution in [-0.4, -0.2) is 17.2 Å². The molecule has 0 bridgehead atoms. The van der Waals surface area contributed by atoms with Gasteiger partial charge in [-0.25, -0.2) is 4.79 Å². The number of carbonyl (C=O) groups is 1. The summed E-state index contributed by atoms with van der Waals surface area (Å²) in [5, 5.41) is 8.34. The first-order valence-electron chi connectivity index (χ1n) is 2.59. The van der Waals surface area contributed by atoms with Crippen molar-refractivity contribution in [2.75, 3.05) is 0 Å². The van der Waals surface area contributed by atoms with Crippen LogP contribution in [-0.2, 0) is 9.63 Å². The van der Waals surface area contributed by atoms with Gasteiger partial charge in [0.05, 0.1) is 0 Å². The van der Waals surface area contributed by atoms with Crippen LogP contribution in [0.2, 0.25) is 0 Å². The molecule has 0 saturated carbocycles. The van der Waals surface area contributed by atoms with Gasteiger partial charge in [0.1, 0.15) is 0 Å². The molecule has 0 spiro atoms. The van der Waals surface area contributed by atoms with E-state index in [1.54, 1.807) is 12.3 Å². The monoisotopic (exact) mass is 129 g/mol. The third-order valence-electron chi connectivity index (χ3n) is 1.02. The van der Waals surface area contributed by atoms with Gasteiger partial charge in [-0.3, -0.25) is 10.3 Å². The highest BCUT2D eigenvalue weighted by Crippen LogP contribution is 2.01. The van der Waals surface area contributed by atoms with Crippen molar-refractivity contribution in [1.29, 1.82) is 0 Å². The number of rotatable bonds is 1. The van der Waals surface area contributed by atoms with Crippen LogP contribution in [0.1, 0.15) is 6.42 Å². The lowest BCUT2D eigenvalue weighted by Gasteiger charge is -2.13. The fraction of sp³-hybridized carbons (Fsp3) is 0.400. The van der Waals surface area contributed by atoms with Crippen molar-refractivity contribution in [3.05, 3.63) is 12.3 Å². The molecule has 0 fully saturated rings. The number of carboxylic acids is 1. The zero-order valence-corrected chi connectivity index (χ0v) is 4.70. The minimum absolute atomic E-state index is 0.433. The summed E-state index contributed by atoms with van der Waals surface area (Å²) in [6.07, 6.45) is 2.99. The molecule has 2 N–H and O–H groups in total. The van der Waals surface area contributed by atoms with E-state index < -0.39 is 12.1 Å². The highest BCUT2D eigenvalue weighted by Gasteiger charge is 2.17. The second kappa shape index (κ2) is 2.50. The minimum Gasteiger partial charge on any atom is -0.479 e. The van der Waals surface area contributed by atoms with Crippen LogP contribution < -0.4 is 5.48 Å². The molecule has 1 aliphatic heterocycles. The SMILES string of the molecule is O=C(O)C1CC=CNO1. The van der Waals surface area contributed by atoms with Crippen molar-refractivity contribution in [2.24, 2.45) is 0 Å². The Morgan fingerprint density at radius 2 is 2.67 bits per heavy atom. The second-order valence-electron chi connectivity index (χ2n) is 1.70. The smallest absolute Gasteiger partial charge is 0.335 e. The van der Waals surface area contributed by atoms with E-state index in [4.69, 9.17) is 5.11 Å². The molecule has 9 heavy (non-hydrogen) atoms. The summed E-state index contributed by atoms with van der Waals surface area (Å²) in [7, 11) is 0. The van der Waals surface area contributed by atoms with Gasteiger partial charge in [0.2, 0.25) is 0 Å². The van der Waals surface area contributed by atoms with Gasteiger partial charge in [-0.15, -0.1) is 0 Å². The summed E-state index contributed by atoms with van der Waals surface area (Å²) < 4.78 is 0. The van der Waals surface area contributed by atoms with E-state index in [1.807, 2.05) is 0 Å². The maximum absolute atomic E-state index is 10.2. The zero-order chi connectivity index (χ0) is 6.69. The van der Waals surface area contributed by atoms with Crippen LogP contribution in [0.3, 0.4) is 0 Å². The van der Waals surface area contributed by atoms with Crippen molar-refractivity contribution in [3.63, 3.8) is 0 Å². The molecule has 4 nitrogen and oxygen atoms in total. The zero-order valence-electron chi connectivity index (χ0n) is 4.70. The molecule has 0 aromatic heterocycles. The van der Waals surface area contributed by atoms with Crippen molar-refractivity contribution < 1.29 is 14.7 Å². The van der Waals surface area contributed by atoms with Crippen LogP contribution >= 0.6 is 0 Å². The van der Waals surface area contributed by atoms with Crippen molar-refractivity contribution >= 4 is 5.97 Å². The summed E-state index contributed by atoms with van der Waals surface area (Å²) in [6, 6.07) is 0. The Morgan fingerprint density at radius 3 is 3.00 bits per heavy atom. The van der Waals surface area contributed by atoms with Crippen molar-refractivity contribution in [3.8, 4) is 0 Å². The predicted molar refractivity (Wildman–Crippen MR) is 29.4 cm³/mol. The van der Waals surface area contributed by atoms with Gasteiger partial charge in [-0.1, -0.05) is 6.08 Å². The van der Waals surface area contributed by atoms with Gasteiger partial charge in [-0.2, -0.15) is 0 Å². The van der Waals surface area contributed by atoms with Gasteiger partial charge >= 0.3 is 5.97 Å². The third kappa shape index (κ3) is 1.43. The fourth-order valence-corrected chi connectivity index (χ4v) is 0.561. The lowest BCUT2D eigenvalue weighted by Crippen LogP contribution is -2.30. The molecule has 0 amide bonds. The number of carboxylic acid groups (broad SMARTS) is 1. The maximum Gasteiger partial charge on any atom is 0.335 e. The molecule has 0 aliphatic carbocycles. The van der Waals surface area contributed by atoms with Gasteiger partial charge in [0, 0.05) is 12.6 Å². The minimum atomic E-state index is -0.938. The molecule has 0 aromatic rings. The molecular formula is C5H7NO3. The van der Waals surface area contributed by atoms with E-state index in [9.17, 15) is 4.79 Å². The van der Waals surface area contributed by atoms with Crippen LogP contribution in [0.15, 0.2) is 12.3 Å². The average Bonchev–Trinajstić information content (AvgIpc) is 1.90. The Bertz CT molecular complexity index is 143. The average molecular weight is 129 g/mol. The predicted octanol–water partition coefficient (Wildman–Crippen LogP) is -0.122. The number of aliphatic carboxylic acids is 1. The summed E-state index contributed by atoms with van der Waals surface area (Å²) in [4.78, 5) is 14.8. The molecule has 1 aliphatic rings. The molecule has 1 heterocycles. The van der Waals surface area contributed by atoms with E-state index in [1.165, 1.54) is 0 Å². The molecule has 0 radical (unpaired) electrons. The van der Waals surface area contributed by atoms with E-state index in [2.05, 4.69) is 10.3 Å². The quantitative estimate of drug-likeness (QED) is 0.518. The van der Waals surface area contributed by atoms with Crippen molar-refractivity contribution in [2.45, 2.75) is 12.5 Å². The van der Waals surface area contributed by atoms with Gasteiger partial charge in [0.15, 0.2) is 6.10 Å².